The largest absolute Gasteiger partial charge is 0.412 e. The fraction of sp³-hybridized carbons (Fsp3) is 0. The van der Waals surface area contributed by atoms with Crippen LogP contribution in [-0.2, 0) is 37.6 Å². The minimum Gasteiger partial charge on any atom is -0.412 e. The van der Waals surface area contributed by atoms with E-state index in [4.69, 9.17) is 0 Å². The summed E-state index contributed by atoms with van der Waals surface area (Å²) in [4.78, 5) is 0. The van der Waals surface area contributed by atoms with E-state index in [1.54, 1.807) is 0 Å². The van der Waals surface area contributed by atoms with E-state index in [1.165, 1.54) is 0 Å². The standard InChI is InChI=1S/Mo.Ni.4H2O/h;;4*1H2. The van der Waals surface area contributed by atoms with Crippen molar-refractivity contribution in [1.82, 2.24) is 0 Å². The molecule has 0 aromatic heterocycles. The van der Waals surface area contributed by atoms with Crippen molar-refractivity contribution in [3.8, 4) is 0 Å². The Hall–Kier alpha value is 1.02. The zero-order valence-corrected chi connectivity index (χ0v) is 5.72. The van der Waals surface area contributed by atoms with Gasteiger partial charge in [-0.2, -0.15) is 0 Å². The third-order valence-electron chi connectivity index (χ3n) is 0. The Morgan fingerprint density at radius 2 is 0.500 bits per heavy atom. The van der Waals surface area contributed by atoms with Crippen LogP contribution in [0.3, 0.4) is 0 Å². The van der Waals surface area contributed by atoms with Gasteiger partial charge in [0.25, 0.3) is 0 Å². The topological polar surface area (TPSA) is 126 Å². The smallest absolute Gasteiger partial charge is 0 e. The van der Waals surface area contributed by atoms with Gasteiger partial charge in [0, 0.05) is 37.6 Å². The van der Waals surface area contributed by atoms with Crippen LogP contribution in [0.15, 0.2) is 0 Å². The second kappa shape index (κ2) is 145. The van der Waals surface area contributed by atoms with Crippen molar-refractivity contribution in [3.63, 3.8) is 0 Å². The first kappa shape index (κ1) is 244. The van der Waals surface area contributed by atoms with Crippen molar-refractivity contribution >= 4 is 0 Å². The Balaban J connectivity index is 0. The summed E-state index contributed by atoms with van der Waals surface area (Å²) in [5.41, 5.74) is 0. The van der Waals surface area contributed by atoms with Crippen LogP contribution in [0.1, 0.15) is 0 Å². The Bertz CT molecular complexity index is 7.51. The fourth-order valence-corrected chi connectivity index (χ4v) is 0. The summed E-state index contributed by atoms with van der Waals surface area (Å²) < 4.78 is 0. The summed E-state index contributed by atoms with van der Waals surface area (Å²) in [6.45, 7) is 0. The Labute approximate surface area is 59.7 Å². The van der Waals surface area contributed by atoms with Crippen molar-refractivity contribution in [2.24, 2.45) is 0 Å². The summed E-state index contributed by atoms with van der Waals surface area (Å²) in [6.07, 6.45) is 0. The number of hydrogen-bond acceptors (Lipinski definition) is 0. The molecule has 0 aliphatic rings. The van der Waals surface area contributed by atoms with Gasteiger partial charge in [-0.1, -0.05) is 0 Å². The van der Waals surface area contributed by atoms with Gasteiger partial charge in [0.05, 0.1) is 0 Å². The van der Waals surface area contributed by atoms with E-state index in [9.17, 15) is 0 Å². The molecule has 4 nitrogen and oxygen atoms in total. The summed E-state index contributed by atoms with van der Waals surface area (Å²) in [5.74, 6) is 0. The van der Waals surface area contributed by atoms with E-state index in [1.807, 2.05) is 0 Å². The molecule has 0 radical (unpaired) electrons. The van der Waals surface area contributed by atoms with Gasteiger partial charge in [0.1, 0.15) is 0 Å². The number of rotatable bonds is 0. The third-order valence-corrected chi connectivity index (χ3v) is 0. The molecule has 0 unspecified atom stereocenters. The monoisotopic (exact) mass is 228 g/mol. The van der Waals surface area contributed by atoms with E-state index in [0.29, 0.717) is 0 Å². The maximum absolute atomic E-state index is 0. The van der Waals surface area contributed by atoms with Crippen molar-refractivity contribution < 1.29 is 59.5 Å². The van der Waals surface area contributed by atoms with Crippen LogP contribution in [0, 0.1) is 0 Å². The van der Waals surface area contributed by atoms with Gasteiger partial charge in [-0.3, -0.25) is 0 Å². The Morgan fingerprint density at radius 3 is 0.500 bits per heavy atom. The van der Waals surface area contributed by atoms with Gasteiger partial charge in [0.2, 0.25) is 0 Å². The molecule has 0 aliphatic carbocycles. The van der Waals surface area contributed by atoms with E-state index in [0.717, 1.165) is 0 Å². The molecule has 0 aliphatic heterocycles. The van der Waals surface area contributed by atoms with E-state index in [-0.39, 0.29) is 59.5 Å². The maximum atomic E-state index is 0. The zero-order chi connectivity index (χ0) is 0. The molecule has 0 saturated carbocycles. The predicted molar refractivity (Wildman–Crippen MR) is 14.5 cm³/mol. The summed E-state index contributed by atoms with van der Waals surface area (Å²) in [6, 6.07) is 0. The van der Waals surface area contributed by atoms with Gasteiger partial charge in [-0.15, -0.1) is 0 Å². The molecule has 0 aromatic carbocycles. The van der Waals surface area contributed by atoms with E-state index < -0.39 is 0 Å². The first-order chi connectivity index (χ1) is 0. The normalized spacial score (nSPS) is 0. The second-order valence-corrected chi connectivity index (χ2v) is 0. The summed E-state index contributed by atoms with van der Waals surface area (Å²) in [5, 5.41) is 0. The van der Waals surface area contributed by atoms with Crippen LogP contribution in [0.4, 0.5) is 0 Å². The van der Waals surface area contributed by atoms with Gasteiger partial charge in [-0.25, -0.2) is 0 Å². The van der Waals surface area contributed by atoms with E-state index >= 15 is 0 Å². The van der Waals surface area contributed by atoms with Crippen LogP contribution >= 0.6 is 0 Å². The average Bonchev–Trinajstić information content (AvgIpc) is 0. The van der Waals surface area contributed by atoms with Crippen LogP contribution in [0.2, 0.25) is 0 Å². The van der Waals surface area contributed by atoms with Crippen LogP contribution < -0.4 is 0 Å². The van der Waals surface area contributed by atoms with Gasteiger partial charge >= 0.3 is 0 Å². The summed E-state index contributed by atoms with van der Waals surface area (Å²) in [7, 11) is 0. The molecule has 8 N–H and O–H groups in total. The van der Waals surface area contributed by atoms with Crippen LogP contribution in [0.25, 0.3) is 0 Å². The van der Waals surface area contributed by atoms with Crippen molar-refractivity contribution in [3.05, 3.63) is 0 Å². The predicted octanol–water partition coefficient (Wildman–Crippen LogP) is -3.30. The molecular weight excluding hydrogens is 219 g/mol. The second-order valence-electron chi connectivity index (χ2n) is 0. The fourth-order valence-electron chi connectivity index (χ4n) is 0. The average molecular weight is 227 g/mol. The minimum atomic E-state index is 0. The molecule has 0 rings (SSSR count). The molecule has 0 atom stereocenters. The molecule has 6 heavy (non-hydrogen) atoms. The van der Waals surface area contributed by atoms with E-state index in [2.05, 4.69) is 0 Å². The van der Waals surface area contributed by atoms with Crippen molar-refractivity contribution in [2.45, 2.75) is 0 Å². The SMILES string of the molecule is O.O.O.O.[Mo].[Ni]. The molecule has 0 spiro atoms. The quantitative estimate of drug-likeness (QED) is 0.384. The van der Waals surface area contributed by atoms with Crippen LogP contribution in [-0.4, -0.2) is 21.9 Å². The van der Waals surface area contributed by atoms with Crippen LogP contribution in [0.5, 0.6) is 0 Å². The Kier molecular flexibility index (Phi) is 5910. The molecule has 0 saturated heterocycles. The molecule has 0 heterocycles. The molecule has 0 amide bonds. The van der Waals surface area contributed by atoms with Gasteiger partial charge in [-0.05, 0) is 0 Å². The molecular formula is H8MoNiO4. The zero-order valence-electron chi connectivity index (χ0n) is 2.72. The molecule has 0 fully saturated rings. The molecule has 0 bridgehead atoms. The molecule has 0 aromatic rings. The Morgan fingerprint density at radius 1 is 0.500 bits per heavy atom. The van der Waals surface area contributed by atoms with Gasteiger partial charge in [0.15, 0.2) is 0 Å². The molecule has 6 heteroatoms. The first-order valence-corrected chi connectivity index (χ1v) is 0. The number of hydrogen-bond donors (Lipinski definition) is 0. The minimum absolute atomic E-state index is 0. The summed E-state index contributed by atoms with van der Waals surface area (Å²) >= 11 is 0. The van der Waals surface area contributed by atoms with Gasteiger partial charge < -0.3 is 21.9 Å². The van der Waals surface area contributed by atoms with Crippen molar-refractivity contribution in [1.29, 1.82) is 0 Å². The maximum Gasteiger partial charge on any atom is 0 e. The third kappa shape index (κ3) is 77.8. The van der Waals surface area contributed by atoms with Crippen molar-refractivity contribution in [2.75, 3.05) is 0 Å². The molecule has 48 valence electrons. The first-order valence-electron chi connectivity index (χ1n) is 0.